The zero-order valence-electron chi connectivity index (χ0n) is 17.3. The number of carbonyl (C=O) groups excluding carboxylic acids is 1. The van der Waals surface area contributed by atoms with Gasteiger partial charge in [0.15, 0.2) is 11.6 Å². The smallest absolute Gasteiger partial charge is 0.417 e. The van der Waals surface area contributed by atoms with Crippen LogP contribution in [0.4, 0.5) is 22.0 Å². The number of hydrogen-bond donors (Lipinski definition) is 0. The number of nitrogens with zero attached hydrogens (tertiary/aromatic N) is 4. The van der Waals surface area contributed by atoms with Crippen molar-refractivity contribution in [1.29, 1.82) is 0 Å². The number of carbonyl (C=O) groups is 1. The van der Waals surface area contributed by atoms with Crippen molar-refractivity contribution in [1.82, 2.24) is 19.4 Å². The number of hydrogen-bond acceptors (Lipinski definition) is 4. The van der Waals surface area contributed by atoms with Crippen LogP contribution in [0.25, 0.3) is 11.3 Å². The lowest BCUT2D eigenvalue weighted by Crippen LogP contribution is -2.27. The Kier molecular flexibility index (Phi) is 4.87. The first kappa shape index (κ1) is 21.4. The molecule has 0 bridgehead atoms. The molecule has 2 aliphatic rings. The van der Waals surface area contributed by atoms with Crippen molar-refractivity contribution in [2.45, 2.75) is 32.6 Å². The Balaban J connectivity index is 1.43. The van der Waals surface area contributed by atoms with Crippen molar-refractivity contribution in [3.63, 3.8) is 0 Å². The minimum Gasteiger partial charge on any atom is -0.436 e. The van der Waals surface area contributed by atoms with E-state index in [4.69, 9.17) is 4.74 Å². The first-order chi connectivity index (χ1) is 15.6. The highest BCUT2D eigenvalue weighted by Gasteiger charge is 2.37. The van der Waals surface area contributed by atoms with Crippen LogP contribution in [0.1, 0.15) is 34.7 Å². The van der Waals surface area contributed by atoms with Crippen LogP contribution in [0.2, 0.25) is 0 Å². The van der Waals surface area contributed by atoms with Gasteiger partial charge in [-0.25, -0.2) is 14.4 Å². The number of amides is 1. The van der Waals surface area contributed by atoms with E-state index in [1.165, 1.54) is 6.07 Å². The van der Waals surface area contributed by atoms with Crippen LogP contribution in [-0.4, -0.2) is 31.9 Å². The van der Waals surface area contributed by atoms with E-state index in [1.54, 1.807) is 16.4 Å². The van der Waals surface area contributed by atoms with Gasteiger partial charge >= 0.3 is 6.18 Å². The molecule has 1 fully saturated rings. The molecule has 33 heavy (non-hydrogen) atoms. The lowest BCUT2D eigenvalue weighted by Gasteiger charge is -2.16. The highest BCUT2D eigenvalue weighted by molar-refractivity contribution is 5.94. The molecule has 1 saturated carbocycles. The fourth-order valence-electron chi connectivity index (χ4n) is 3.86. The predicted octanol–water partition coefficient (Wildman–Crippen LogP) is 5.17. The maximum Gasteiger partial charge on any atom is 0.417 e. The van der Waals surface area contributed by atoms with Crippen LogP contribution < -0.4 is 4.74 Å². The van der Waals surface area contributed by atoms with Gasteiger partial charge in [0.25, 0.3) is 5.91 Å². The van der Waals surface area contributed by atoms with Gasteiger partial charge in [-0.05, 0) is 43.9 Å². The van der Waals surface area contributed by atoms with Crippen LogP contribution in [0.3, 0.4) is 0 Å². The summed E-state index contributed by atoms with van der Waals surface area (Å²) in [5, 5.41) is 0. The molecular formula is C22H17F5N4O2. The number of alkyl halides is 3. The number of rotatable bonds is 5. The molecule has 0 atom stereocenters. The molecule has 1 aromatic carbocycles. The van der Waals surface area contributed by atoms with Gasteiger partial charge in [-0.2, -0.15) is 17.6 Å². The Morgan fingerprint density at radius 3 is 2.52 bits per heavy atom. The maximum absolute atomic E-state index is 15.0. The average molecular weight is 464 g/mol. The molecule has 0 unspecified atom stereocenters. The summed E-state index contributed by atoms with van der Waals surface area (Å²) in [5.41, 5.74) is -0.433. The molecule has 6 nitrogen and oxygen atoms in total. The molecule has 3 aromatic rings. The van der Waals surface area contributed by atoms with Crippen LogP contribution in [0.5, 0.6) is 11.6 Å². The molecule has 0 radical (unpaired) electrons. The Bertz CT molecular complexity index is 1250. The summed E-state index contributed by atoms with van der Waals surface area (Å²) in [6.07, 6.45) is -1.91. The largest absolute Gasteiger partial charge is 0.436 e. The highest BCUT2D eigenvalue weighted by atomic mass is 19.4. The van der Waals surface area contributed by atoms with Gasteiger partial charge in [-0.1, -0.05) is 0 Å². The standard InChI is InChI=1S/C22H17F5N4O2/c1-11-19(31-10-30(9-12-2-3-12)21(32)20(31)29-11)14-5-6-15(18(24)17(14)23)33-16-7-4-13(8-28-16)22(25,26)27/h4-8,12H,2-3,9-10H2,1H3. The highest BCUT2D eigenvalue weighted by Crippen LogP contribution is 2.37. The average Bonchev–Trinajstić information content (AvgIpc) is 3.46. The molecule has 11 heteroatoms. The zero-order valence-corrected chi connectivity index (χ0v) is 17.3. The van der Waals surface area contributed by atoms with Crippen molar-refractivity contribution in [2.24, 2.45) is 5.92 Å². The summed E-state index contributed by atoms with van der Waals surface area (Å²) < 4.78 is 74.6. The number of aryl methyl sites for hydroxylation is 1. The van der Waals surface area contributed by atoms with Gasteiger partial charge in [-0.15, -0.1) is 0 Å². The van der Waals surface area contributed by atoms with E-state index in [1.807, 2.05) is 0 Å². The fraction of sp³-hybridized carbons (Fsp3) is 0.318. The maximum atomic E-state index is 15.0. The first-order valence-corrected chi connectivity index (χ1v) is 10.2. The number of imidazole rings is 1. The van der Waals surface area contributed by atoms with Crippen molar-refractivity contribution in [3.05, 3.63) is 59.2 Å². The molecule has 5 rings (SSSR count). The van der Waals surface area contributed by atoms with Crippen LogP contribution >= 0.6 is 0 Å². The number of pyridine rings is 1. The second-order valence-corrected chi connectivity index (χ2v) is 8.13. The molecule has 2 aromatic heterocycles. The van der Waals surface area contributed by atoms with Crippen LogP contribution in [0.15, 0.2) is 30.5 Å². The van der Waals surface area contributed by atoms with E-state index in [0.29, 0.717) is 24.4 Å². The summed E-state index contributed by atoms with van der Waals surface area (Å²) in [6, 6.07) is 4.09. The minimum absolute atomic E-state index is 0.0995. The third kappa shape index (κ3) is 3.81. The van der Waals surface area contributed by atoms with Crippen LogP contribution in [0, 0.1) is 24.5 Å². The van der Waals surface area contributed by atoms with E-state index in [9.17, 15) is 22.4 Å². The van der Waals surface area contributed by atoms with Gasteiger partial charge in [0.1, 0.15) is 0 Å². The van der Waals surface area contributed by atoms with Gasteiger partial charge in [0, 0.05) is 24.4 Å². The topological polar surface area (TPSA) is 60.2 Å². The quantitative estimate of drug-likeness (QED) is 0.489. The van der Waals surface area contributed by atoms with Crippen molar-refractivity contribution in [3.8, 4) is 22.9 Å². The number of aromatic nitrogens is 3. The third-order valence-corrected chi connectivity index (χ3v) is 5.69. The normalized spacial score (nSPS) is 15.8. The fourth-order valence-corrected chi connectivity index (χ4v) is 3.86. The van der Waals surface area contributed by atoms with E-state index in [2.05, 4.69) is 9.97 Å². The lowest BCUT2D eigenvalue weighted by molar-refractivity contribution is -0.137. The second-order valence-electron chi connectivity index (χ2n) is 8.13. The summed E-state index contributed by atoms with van der Waals surface area (Å²) in [5.74, 6) is -3.01. The molecule has 1 aliphatic carbocycles. The number of halogens is 5. The molecule has 1 aliphatic heterocycles. The minimum atomic E-state index is -4.58. The molecule has 0 N–H and O–H groups in total. The molecule has 3 heterocycles. The molecular weight excluding hydrogens is 447 g/mol. The van der Waals surface area contributed by atoms with Crippen molar-refractivity contribution < 1.29 is 31.5 Å². The predicted molar refractivity (Wildman–Crippen MR) is 105 cm³/mol. The Morgan fingerprint density at radius 1 is 1.12 bits per heavy atom. The van der Waals surface area contributed by atoms with Crippen molar-refractivity contribution in [2.75, 3.05) is 6.54 Å². The van der Waals surface area contributed by atoms with E-state index >= 15 is 4.39 Å². The summed E-state index contributed by atoms with van der Waals surface area (Å²) in [4.78, 5) is 22.0. The van der Waals surface area contributed by atoms with Gasteiger partial charge in [0.2, 0.25) is 17.5 Å². The summed E-state index contributed by atoms with van der Waals surface area (Å²) >= 11 is 0. The number of ether oxygens (including phenoxy) is 1. The van der Waals surface area contributed by atoms with Gasteiger partial charge < -0.3 is 14.2 Å². The second kappa shape index (κ2) is 7.53. The van der Waals surface area contributed by atoms with E-state index in [-0.39, 0.29) is 35.5 Å². The number of benzene rings is 1. The molecule has 1 amide bonds. The Hall–Kier alpha value is -3.50. The van der Waals surface area contributed by atoms with Crippen molar-refractivity contribution >= 4 is 5.91 Å². The Morgan fingerprint density at radius 2 is 1.88 bits per heavy atom. The molecule has 172 valence electrons. The molecule has 0 spiro atoms. The summed E-state index contributed by atoms with van der Waals surface area (Å²) in [7, 11) is 0. The SMILES string of the molecule is Cc1nc2n(c1-c1ccc(Oc3ccc(C(F)(F)F)cn3)c(F)c1F)CN(CC1CC1)C2=O. The van der Waals surface area contributed by atoms with E-state index in [0.717, 1.165) is 31.0 Å². The van der Waals surface area contributed by atoms with Crippen LogP contribution in [-0.2, 0) is 12.8 Å². The third-order valence-electron chi connectivity index (χ3n) is 5.69. The first-order valence-electron chi connectivity index (χ1n) is 10.2. The van der Waals surface area contributed by atoms with Gasteiger partial charge in [0.05, 0.1) is 23.6 Å². The lowest BCUT2D eigenvalue weighted by atomic mass is 10.1. The Labute approximate surface area is 184 Å². The number of fused-ring (bicyclic) bond motifs is 1. The van der Waals surface area contributed by atoms with Gasteiger partial charge in [-0.3, -0.25) is 4.79 Å². The van der Waals surface area contributed by atoms with E-state index < -0.39 is 29.1 Å². The summed E-state index contributed by atoms with van der Waals surface area (Å²) in [6.45, 7) is 2.41. The monoisotopic (exact) mass is 464 g/mol. The molecule has 0 saturated heterocycles. The zero-order chi connectivity index (χ0) is 23.5.